The first-order valence-corrected chi connectivity index (χ1v) is 6.25. The van der Waals surface area contributed by atoms with E-state index in [0.717, 1.165) is 36.0 Å². The van der Waals surface area contributed by atoms with Gasteiger partial charge in [-0.1, -0.05) is 15.9 Å². The Balaban J connectivity index is 2.37. The number of hydrogen-bond donors (Lipinski definition) is 1. The molecule has 1 fully saturated rings. The van der Waals surface area contributed by atoms with Crippen LogP contribution in [0.1, 0.15) is 24.3 Å². The normalized spacial score (nSPS) is 17.4. The number of nitrogens with one attached hydrogen (secondary N) is 1. The topological polar surface area (TPSA) is 21.3 Å². The largest absolute Gasteiger partial charge is 0.496 e. The maximum absolute atomic E-state index is 14.0. The summed E-state index contributed by atoms with van der Waals surface area (Å²) in [6.45, 7) is 1.90. The van der Waals surface area contributed by atoms with Gasteiger partial charge >= 0.3 is 0 Å². The van der Waals surface area contributed by atoms with Crippen molar-refractivity contribution in [1.82, 2.24) is 5.32 Å². The van der Waals surface area contributed by atoms with E-state index >= 15 is 0 Å². The lowest BCUT2D eigenvalue weighted by Crippen LogP contribution is -2.27. The summed E-state index contributed by atoms with van der Waals surface area (Å²) >= 11 is 3.28. The molecule has 1 heterocycles. The third kappa shape index (κ3) is 2.38. The fourth-order valence-electron chi connectivity index (χ4n) is 2.24. The molecule has 0 amide bonds. The standard InChI is InChI=1S/C12H15BrFNO/c1-16-11-7-9(13)6-10(14)12(11)8-2-4-15-5-3-8/h6-8,15H,2-5H2,1H3. The molecule has 4 heteroatoms. The van der Waals surface area contributed by atoms with Gasteiger partial charge in [-0.2, -0.15) is 0 Å². The quantitative estimate of drug-likeness (QED) is 0.903. The van der Waals surface area contributed by atoms with Crippen molar-refractivity contribution in [2.24, 2.45) is 0 Å². The summed E-state index contributed by atoms with van der Waals surface area (Å²) in [7, 11) is 1.59. The minimum atomic E-state index is -0.168. The summed E-state index contributed by atoms with van der Waals surface area (Å²) in [5, 5.41) is 3.28. The minimum Gasteiger partial charge on any atom is -0.496 e. The van der Waals surface area contributed by atoms with Gasteiger partial charge in [-0.25, -0.2) is 4.39 Å². The molecular formula is C12H15BrFNO. The number of piperidine rings is 1. The lowest BCUT2D eigenvalue weighted by molar-refractivity contribution is 0.381. The van der Waals surface area contributed by atoms with Crippen molar-refractivity contribution >= 4 is 15.9 Å². The number of halogens is 2. The number of hydrogen-bond acceptors (Lipinski definition) is 2. The second kappa shape index (κ2) is 5.15. The van der Waals surface area contributed by atoms with Gasteiger partial charge in [-0.15, -0.1) is 0 Å². The van der Waals surface area contributed by atoms with Gasteiger partial charge in [-0.3, -0.25) is 0 Å². The molecule has 0 spiro atoms. The Morgan fingerprint density at radius 1 is 1.38 bits per heavy atom. The van der Waals surface area contributed by atoms with Gasteiger partial charge in [0.05, 0.1) is 7.11 Å². The van der Waals surface area contributed by atoms with Crippen molar-refractivity contribution in [1.29, 1.82) is 0 Å². The molecule has 1 saturated heterocycles. The van der Waals surface area contributed by atoms with E-state index in [2.05, 4.69) is 21.2 Å². The molecule has 0 aliphatic carbocycles. The Hall–Kier alpha value is -0.610. The van der Waals surface area contributed by atoms with Crippen LogP contribution in [0.3, 0.4) is 0 Å². The molecule has 1 aliphatic rings. The van der Waals surface area contributed by atoms with E-state index in [1.807, 2.05) is 6.07 Å². The molecule has 88 valence electrons. The first-order chi connectivity index (χ1) is 7.72. The van der Waals surface area contributed by atoms with Crippen LogP contribution in [0.5, 0.6) is 5.75 Å². The van der Waals surface area contributed by atoms with E-state index in [4.69, 9.17) is 4.74 Å². The molecule has 0 unspecified atom stereocenters. The van der Waals surface area contributed by atoms with Crippen LogP contribution in [-0.4, -0.2) is 20.2 Å². The molecule has 1 aliphatic heterocycles. The minimum absolute atomic E-state index is 0.168. The first-order valence-electron chi connectivity index (χ1n) is 5.46. The Kier molecular flexibility index (Phi) is 3.82. The number of rotatable bonds is 2. The van der Waals surface area contributed by atoms with Crippen LogP contribution in [0.15, 0.2) is 16.6 Å². The maximum Gasteiger partial charge on any atom is 0.131 e. The maximum atomic E-state index is 14.0. The van der Waals surface area contributed by atoms with Crippen molar-refractivity contribution in [3.63, 3.8) is 0 Å². The van der Waals surface area contributed by atoms with E-state index < -0.39 is 0 Å². The van der Waals surface area contributed by atoms with Crippen molar-refractivity contribution in [3.8, 4) is 5.75 Å². The van der Waals surface area contributed by atoms with Gasteiger partial charge in [0.2, 0.25) is 0 Å². The Morgan fingerprint density at radius 2 is 2.06 bits per heavy atom. The van der Waals surface area contributed by atoms with Gasteiger partial charge in [0.15, 0.2) is 0 Å². The van der Waals surface area contributed by atoms with Gasteiger partial charge in [0.25, 0.3) is 0 Å². The summed E-state index contributed by atoms with van der Waals surface area (Å²) in [4.78, 5) is 0. The monoisotopic (exact) mass is 287 g/mol. The van der Waals surface area contributed by atoms with Crippen LogP contribution in [0.25, 0.3) is 0 Å². The fraction of sp³-hybridized carbons (Fsp3) is 0.500. The average Bonchev–Trinajstić information content (AvgIpc) is 2.29. The second-order valence-corrected chi connectivity index (χ2v) is 4.94. The molecular weight excluding hydrogens is 273 g/mol. The Labute approximate surface area is 103 Å². The molecule has 2 nitrogen and oxygen atoms in total. The van der Waals surface area contributed by atoms with E-state index in [1.165, 1.54) is 6.07 Å². The van der Waals surface area contributed by atoms with Gasteiger partial charge in [0.1, 0.15) is 11.6 Å². The van der Waals surface area contributed by atoms with E-state index in [0.29, 0.717) is 5.75 Å². The summed E-state index contributed by atoms with van der Waals surface area (Å²) in [5.41, 5.74) is 0.729. The molecule has 1 aromatic rings. The predicted molar refractivity (Wildman–Crippen MR) is 65.5 cm³/mol. The van der Waals surface area contributed by atoms with E-state index in [1.54, 1.807) is 7.11 Å². The lowest BCUT2D eigenvalue weighted by Gasteiger charge is -2.25. The van der Waals surface area contributed by atoms with Crippen LogP contribution < -0.4 is 10.1 Å². The first kappa shape index (κ1) is 11.9. The molecule has 2 rings (SSSR count). The highest BCUT2D eigenvalue weighted by Gasteiger charge is 2.22. The van der Waals surface area contributed by atoms with Crippen molar-refractivity contribution < 1.29 is 9.13 Å². The third-order valence-electron chi connectivity index (χ3n) is 3.02. The lowest BCUT2D eigenvalue weighted by atomic mass is 9.89. The molecule has 16 heavy (non-hydrogen) atoms. The van der Waals surface area contributed by atoms with E-state index in [9.17, 15) is 4.39 Å². The molecule has 1 aromatic carbocycles. The van der Waals surface area contributed by atoms with Crippen LogP contribution in [-0.2, 0) is 0 Å². The number of benzene rings is 1. The Morgan fingerprint density at radius 3 is 2.69 bits per heavy atom. The molecule has 0 atom stereocenters. The SMILES string of the molecule is COc1cc(Br)cc(F)c1C1CCNCC1. The predicted octanol–water partition coefficient (Wildman–Crippen LogP) is 3.06. The summed E-state index contributed by atoms with van der Waals surface area (Å²) in [6.07, 6.45) is 1.93. The second-order valence-electron chi connectivity index (χ2n) is 4.03. The zero-order valence-corrected chi connectivity index (χ0v) is 10.8. The average molecular weight is 288 g/mol. The number of ether oxygens (including phenoxy) is 1. The van der Waals surface area contributed by atoms with Gasteiger partial charge < -0.3 is 10.1 Å². The van der Waals surface area contributed by atoms with Crippen LogP contribution in [0.4, 0.5) is 4.39 Å². The summed E-state index contributed by atoms with van der Waals surface area (Å²) in [6, 6.07) is 3.35. The zero-order valence-electron chi connectivity index (χ0n) is 9.22. The zero-order chi connectivity index (χ0) is 11.5. The Bertz CT molecular complexity index is 378. The third-order valence-corrected chi connectivity index (χ3v) is 3.48. The molecule has 0 bridgehead atoms. The summed E-state index contributed by atoms with van der Waals surface area (Å²) in [5.74, 6) is 0.751. The van der Waals surface area contributed by atoms with Gasteiger partial charge in [0, 0.05) is 10.0 Å². The highest BCUT2D eigenvalue weighted by atomic mass is 79.9. The van der Waals surface area contributed by atoms with Crippen molar-refractivity contribution in [3.05, 3.63) is 28.0 Å². The van der Waals surface area contributed by atoms with E-state index in [-0.39, 0.29) is 11.7 Å². The molecule has 0 radical (unpaired) electrons. The highest BCUT2D eigenvalue weighted by molar-refractivity contribution is 9.10. The smallest absolute Gasteiger partial charge is 0.131 e. The number of methoxy groups -OCH3 is 1. The molecule has 1 N–H and O–H groups in total. The fourth-order valence-corrected chi connectivity index (χ4v) is 2.65. The molecule has 0 aromatic heterocycles. The van der Waals surface area contributed by atoms with Crippen LogP contribution in [0.2, 0.25) is 0 Å². The van der Waals surface area contributed by atoms with Crippen LogP contribution in [0, 0.1) is 5.82 Å². The molecule has 0 saturated carbocycles. The van der Waals surface area contributed by atoms with Crippen LogP contribution >= 0.6 is 15.9 Å². The highest BCUT2D eigenvalue weighted by Crippen LogP contribution is 2.36. The van der Waals surface area contributed by atoms with Crippen molar-refractivity contribution in [2.45, 2.75) is 18.8 Å². The summed E-state index contributed by atoms with van der Waals surface area (Å²) < 4.78 is 19.9. The van der Waals surface area contributed by atoms with Gasteiger partial charge in [-0.05, 0) is 44.0 Å². The van der Waals surface area contributed by atoms with Crippen molar-refractivity contribution in [2.75, 3.05) is 20.2 Å².